The Kier molecular flexibility index (Phi) is 6.61. The predicted octanol–water partition coefficient (Wildman–Crippen LogP) is 4.23. The van der Waals surface area contributed by atoms with Gasteiger partial charge in [0.2, 0.25) is 23.6 Å². The van der Waals surface area contributed by atoms with Crippen LogP contribution in [0.1, 0.15) is 22.3 Å². The number of amides is 2. The van der Waals surface area contributed by atoms with Crippen LogP contribution in [0.3, 0.4) is 0 Å². The average molecular weight is 715 g/mol. The van der Waals surface area contributed by atoms with E-state index in [-0.39, 0.29) is 45.5 Å². The highest BCUT2D eigenvalue weighted by Gasteiger charge is 2.60. The van der Waals surface area contributed by atoms with Crippen molar-refractivity contribution in [2.45, 2.75) is 10.8 Å². The van der Waals surface area contributed by atoms with Gasteiger partial charge in [0, 0.05) is 22.5 Å². The van der Waals surface area contributed by atoms with Crippen LogP contribution in [0.15, 0.2) is 138 Å². The number of rotatable bonds is 0. The van der Waals surface area contributed by atoms with Crippen LogP contribution in [-0.2, 0) is 20.4 Å². The van der Waals surface area contributed by atoms with Gasteiger partial charge in [-0.25, -0.2) is 9.59 Å². The monoisotopic (exact) mass is 714 g/mol. The maximum Gasteiger partial charge on any atom is 0.345 e. The van der Waals surface area contributed by atoms with E-state index in [1.807, 2.05) is 12.1 Å². The summed E-state index contributed by atoms with van der Waals surface area (Å²) in [6.07, 6.45) is 0. The fourth-order valence-corrected chi connectivity index (χ4v) is 7.83. The molecule has 54 heavy (non-hydrogen) atoms. The zero-order chi connectivity index (χ0) is 37.5. The largest absolute Gasteiger partial charge is 0.439 e. The third-order valence-electron chi connectivity index (χ3n) is 10.0. The van der Waals surface area contributed by atoms with Gasteiger partial charge < -0.3 is 40.4 Å². The summed E-state index contributed by atoms with van der Waals surface area (Å²) in [5.74, 6) is -1.26. The molecule has 0 bridgehead atoms. The van der Waals surface area contributed by atoms with Gasteiger partial charge in [-0.05, 0) is 36.4 Å². The van der Waals surface area contributed by atoms with E-state index >= 15 is 0 Å². The molecule has 0 unspecified atom stereocenters. The number of hydrogen-bond acceptors (Lipinski definition) is 12. The smallest absolute Gasteiger partial charge is 0.345 e. The average Bonchev–Trinajstić information content (AvgIpc) is 3.62. The van der Waals surface area contributed by atoms with Crippen molar-refractivity contribution in [1.82, 2.24) is 0 Å². The molecule has 6 heterocycles. The van der Waals surface area contributed by atoms with Crippen LogP contribution in [0.4, 0.5) is 11.4 Å². The van der Waals surface area contributed by atoms with E-state index in [2.05, 4.69) is 10.6 Å². The van der Waals surface area contributed by atoms with Crippen molar-refractivity contribution in [2.24, 2.45) is 11.5 Å². The molecule has 10 rings (SSSR count). The molecule has 260 valence electrons. The second-order valence-electron chi connectivity index (χ2n) is 12.6. The van der Waals surface area contributed by atoms with Gasteiger partial charge in [-0.2, -0.15) is 10.5 Å². The zero-order valence-corrected chi connectivity index (χ0v) is 27.6. The lowest BCUT2D eigenvalue weighted by molar-refractivity contribution is -0.119. The lowest BCUT2D eigenvalue weighted by atomic mass is 9.69. The maximum atomic E-state index is 13.2. The third-order valence-corrected chi connectivity index (χ3v) is 10.0. The topological polar surface area (TPSA) is 237 Å². The van der Waals surface area contributed by atoms with E-state index in [9.17, 15) is 29.7 Å². The van der Waals surface area contributed by atoms with Crippen LogP contribution in [-0.4, -0.2) is 11.8 Å². The second kappa shape index (κ2) is 11.2. The molecule has 2 amide bonds. The number of para-hydroxylation sites is 4. The Labute approximate surface area is 302 Å². The summed E-state index contributed by atoms with van der Waals surface area (Å²) in [7, 11) is 0. The number of benzene rings is 4. The number of hydrogen-bond donors (Lipinski definition) is 4. The summed E-state index contributed by atoms with van der Waals surface area (Å²) < 4.78 is 22.2. The summed E-state index contributed by atoms with van der Waals surface area (Å²) in [5.41, 5.74) is 9.30. The number of fused-ring (bicyclic) bond motifs is 12. The predicted molar refractivity (Wildman–Crippen MR) is 192 cm³/mol. The SMILES string of the molecule is N#CC1=C(N)Oc2c(c(=O)oc3ccccc23)[C@@]12C(=O)Nc1ccccc12.N#CC1=C(N)Oc2c(c(=O)oc3ccccc23)[C@@]12C(=O)Nc1ccccc12. The van der Waals surface area contributed by atoms with E-state index < -0.39 is 33.9 Å². The second-order valence-corrected chi connectivity index (χ2v) is 12.6. The van der Waals surface area contributed by atoms with Crippen molar-refractivity contribution < 1.29 is 27.9 Å². The van der Waals surface area contributed by atoms with Gasteiger partial charge in [-0.3, -0.25) is 9.59 Å². The standard InChI is InChI=1S/2C20H11N3O4/c2*21-9-12-17(22)27-16-10-5-1-4-8-14(10)26-18(24)15(16)20(12)11-6-2-3-7-13(11)23-19(20)25/h2*1-8H,22H2,(H,23,25)/t2*20-/m00/s1. The van der Waals surface area contributed by atoms with Gasteiger partial charge in [0.15, 0.2) is 22.3 Å². The normalized spacial score (nSPS) is 20.0. The number of carbonyl (C=O) groups is 2. The van der Waals surface area contributed by atoms with Gasteiger partial charge in [0.1, 0.15) is 45.6 Å². The Bertz CT molecular complexity index is 2800. The van der Waals surface area contributed by atoms with Gasteiger partial charge in [-0.1, -0.05) is 60.7 Å². The van der Waals surface area contributed by atoms with Crippen LogP contribution in [0, 0.1) is 22.7 Å². The summed E-state index contributed by atoms with van der Waals surface area (Å²) in [6, 6.07) is 31.2. The molecule has 4 aromatic carbocycles. The van der Waals surface area contributed by atoms with E-state index in [0.717, 1.165) is 0 Å². The highest BCUT2D eigenvalue weighted by molar-refractivity contribution is 6.14. The Morgan fingerprint density at radius 1 is 0.537 bits per heavy atom. The molecule has 14 heteroatoms. The highest BCUT2D eigenvalue weighted by atomic mass is 16.5. The molecular weight excluding hydrogens is 692 g/mol. The van der Waals surface area contributed by atoms with Crippen molar-refractivity contribution in [1.29, 1.82) is 10.5 Å². The first kappa shape index (κ1) is 31.9. The minimum Gasteiger partial charge on any atom is -0.439 e. The fourth-order valence-electron chi connectivity index (χ4n) is 7.83. The van der Waals surface area contributed by atoms with E-state index in [1.54, 1.807) is 97.1 Å². The molecule has 14 nitrogen and oxygen atoms in total. The molecule has 2 atom stereocenters. The highest BCUT2D eigenvalue weighted by Crippen LogP contribution is 2.54. The molecule has 4 aliphatic heterocycles. The molecule has 2 spiro atoms. The summed E-state index contributed by atoms with van der Waals surface area (Å²) in [4.78, 5) is 52.3. The van der Waals surface area contributed by atoms with Crippen LogP contribution in [0.2, 0.25) is 0 Å². The van der Waals surface area contributed by atoms with Crippen molar-refractivity contribution in [3.8, 4) is 23.6 Å². The maximum absolute atomic E-state index is 13.2. The summed E-state index contributed by atoms with van der Waals surface area (Å²) in [5, 5.41) is 26.0. The van der Waals surface area contributed by atoms with E-state index in [4.69, 9.17) is 29.8 Å². The van der Waals surface area contributed by atoms with Gasteiger partial charge in [-0.15, -0.1) is 0 Å². The van der Waals surface area contributed by atoms with Crippen molar-refractivity contribution in [3.05, 3.63) is 163 Å². The quantitative estimate of drug-likeness (QED) is 0.162. The molecule has 0 fully saturated rings. The number of nitrogens with zero attached hydrogens (tertiary/aromatic N) is 2. The third kappa shape index (κ3) is 3.90. The van der Waals surface area contributed by atoms with Crippen LogP contribution < -0.4 is 42.8 Å². The molecular formula is C40H22N6O8. The zero-order valence-electron chi connectivity index (χ0n) is 27.6. The van der Waals surface area contributed by atoms with Crippen LogP contribution in [0.25, 0.3) is 21.9 Å². The molecule has 4 aliphatic rings. The fraction of sp³-hybridized carbons (Fsp3) is 0.0500. The molecule has 6 aromatic rings. The van der Waals surface area contributed by atoms with Crippen molar-refractivity contribution >= 4 is 45.1 Å². The molecule has 0 radical (unpaired) electrons. The molecule has 0 aliphatic carbocycles. The Balaban J connectivity index is 0.000000142. The van der Waals surface area contributed by atoms with Gasteiger partial charge in [0.25, 0.3) is 0 Å². The van der Waals surface area contributed by atoms with Gasteiger partial charge >= 0.3 is 11.3 Å². The Hall–Kier alpha value is -8.10. The van der Waals surface area contributed by atoms with Crippen LogP contribution in [0.5, 0.6) is 11.5 Å². The number of anilines is 2. The van der Waals surface area contributed by atoms with E-state index in [1.165, 1.54) is 0 Å². The Morgan fingerprint density at radius 3 is 1.31 bits per heavy atom. The Morgan fingerprint density at radius 2 is 0.907 bits per heavy atom. The number of nitrogens with one attached hydrogen (secondary N) is 2. The summed E-state index contributed by atoms with van der Waals surface area (Å²) in [6.45, 7) is 0. The number of carbonyl (C=O) groups excluding carboxylic acids is 2. The van der Waals surface area contributed by atoms with Gasteiger partial charge in [0.05, 0.1) is 10.8 Å². The summed E-state index contributed by atoms with van der Waals surface area (Å²) >= 11 is 0. The number of nitriles is 2. The molecule has 0 saturated carbocycles. The first-order valence-electron chi connectivity index (χ1n) is 16.3. The molecule has 0 saturated heterocycles. The lowest BCUT2D eigenvalue weighted by Crippen LogP contribution is -2.45. The molecule has 6 N–H and O–H groups in total. The minimum absolute atomic E-state index is 0.0469. The van der Waals surface area contributed by atoms with Crippen LogP contribution >= 0.6 is 0 Å². The number of nitrogens with two attached hydrogens (primary N) is 2. The first-order chi connectivity index (χ1) is 26.2. The van der Waals surface area contributed by atoms with Crippen molar-refractivity contribution in [2.75, 3.05) is 10.6 Å². The van der Waals surface area contributed by atoms with E-state index in [0.29, 0.717) is 44.4 Å². The molecule has 2 aromatic heterocycles. The number of ether oxygens (including phenoxy) is 2. The van der Waals surface area contributed by atoms with Crippen molar-refractivity contribution in [3.63, 3.8) is 0 Å². The first-order valence-corrected chi connectivity index (χ1v) is 16.3. The minimum atomic E-state index is -1.71. The lowest BCUT2D eigenvalue weighted by Gasteiger charge is -2.32.